The summed E-state index contributed by atoms with van der Waals surface area (Å²) in [4.78, 5) is 18.8. The number of carbonyl (C=O) groups is 1. The predicted octanol–water partition coefficient (Wildman–Crippen LogP) is 4.21. The van der Waals surface area contributed by atoms with Crippen molar-refractivity contribution in [3.05, 3.63) is 47.4 Å². The highest BCUT2D eigenvalue weighted by Crippen LogP contribution is 2.45. The number of esters is 1. The van der Waals surface area contributed by atoms with Crippen molar-refractivity contribution in [3.8, 4) is 0 Å². The Morgan fingerprint density at radius 2 is 2.14 bits per heavy atom. The van der Waals surface area contributed by atoms with Gasteiger partial charge in [0.05, 0.1) is 31.6 Å². The number of benzene rings is 1. The zero-order valence-electron chi connectivity index (χ0n) is 17.0. The molecule has 4 rings (SSSR count). The van der Waals surface area contributed by atoms with Crippen LogP contribution in [0, 0.1) is 11.8 Å². The second-order valence-corrected chi connectivity index (χ2v) is 7.85. The Morgan fingerprint density at radius 3 is 2.89 bits per heavy atom. The van der Waals surface area contributed by atoms with E-state index in [-0.39, 0.29) is 11.9 Å². The molecular weight excluding hydrogens is 352 g/mol. The highest BCUT2D eigenvalue weighted by Gasteiger charge is 2.42. The summed E-state index contributed by atoms with van der Waals surface area (Å²) in [6.07, 6.45) is 4.67. The van der Waals surface area contributed by atoms with Crippen LogP contribution in [0.4, 0.5) is 0 Å². The molecular formula is C23H30N2O3. The highest BCUT2D eigenvalue weighted by atomic mass is 16.5. The van der Waals surface area contributed by atoms with Gasteiger partial charge in [-0.2, -0.15) is 0 Å². The van der Waals surface area contributed by atoms with E-state index in [1.807, 2.05) is 6.92 Å². The first kappa shape index (κ1) is 19.1. The summed E-state index contributed by atoms with van der Waals surface area (Å²) in [5, 5.41) is 1.34. The summed E-state index contributed by atoms with van der Waals surface area (Å²) >= 11 is 0. The predicted molar refractivity (Wildman–Crippen MR) is 110 cm³/mol. The molecule has 0 spiro atoms. The van der Waals surface area contributed by atoms with Crippen molar-refractivity contribution < 1.29 is 14.3 Å². The fourth-order valence-electron chi connectivity index (χ4n) is 5.09. The molecule has 3 heterocycles. The maximum atomic E-state index is 12.5. The molecule has 28 heavy (non-hydrogen) atoms. The van der Waals surface area contributed by atoms with Crippen molar-refractivity contribution in [3.63, 3.8) is 0 Å². The van der Waals surface area contributed by atoms with Crippen molar-refractivity contribution in [1.82, 2.24) is 9.88 Å². The van der Waals surface area contributed by atoms with Gasteiger partial charge in [-0.05, 0) is 43.2 Å². The van der Waals surface area contributed by atoms with Gasteiger partial charge in [-0.25, -0.2) is 4.79 Å². The first-order valence-electron chi connectivity index (χ1n) is 10.4. The number of fused-ring (bicyclic) bond motifs is 5. The van der Waals surface area contributed by atoms with Crippen LogP contribution in [0.25, 0.3) is 10.9 Å². The average Bonchev–Trinajstić information content (AvgIpc) is 3.12. The zero-order valence-corrected chi connectivity index (χ0v) is 17.0. The molecule has 1 aromatic carbocycles. The number of carbonyl (C=O) groups excluding carboxylic acids is 1. The Labute approximate surface area is 166 Å². The Balaban J connectivity index is 1.71. The number of piperidine rings is 1. The van der Waals surface area contributed by atoms with Gasteiger partial charge in [0.1, 0.15) is 0 Å². The molecule has 0 saturated carbocycles. The zero-order chi connectivity index (χ0) is 19.7. The molecule has 150 valence electrons. The van der Waals surface area contributed by atoms with Gasteiger partial charge in [0.15, 0.2) is 0 Å². The Kier molecular flexibility index (Phi) is 5.44. The number of rotatable bonds is 5. The summed E-state index contributed by atoms with van der Waals surface area (Å²) in [5.41, 5.74) is 4.66. The lowest BCUT2D eigenvalue weighted by molar-refractivity contribution is -0.137. The number of hydrogen-bond donors (Lipinski definition) is 1. The Morgan fingerprint density at radius 1 is 1.32 bits per heavy atom. The minimum Gasteiger partial charge on any atom is -0.501 e. The van der Waals surface area contributed by atoms with E-state index in [0.29, 0.717) is 24.1 Å². The fourth-order valence-corrected chi connectivity index (χ4v) is 5.09. The number of nitrogens with one attached hydrogen (secondary N) is 1. The van der Waals surface area contributed by atoms with Gasteiger partial charge < -0.3 is 14.5 Å². The number of aromatic amines is 1. The van der Waals surface area contributed by atoms with E-state index in [4.69, 9.17) is 9.47 Å². The number of ether oxygens (including phenoxy) is 2. The van der Waals surface area contributed by atoms with Crippen LogP contribution in [-0.4, -0.2) is 42.7 Å². The van der Waals surface area contributed by atoms with Gasteiger partial charge >= 0.3 is 5.97 Å². The number of H-pyrrole nitrogens is 1. The molecule has 1 saturated heterocycles. The van der Waals surface area contributed by atoms with E-state index >= 15 is 0 Å². The second-order valence-electron chi connectivity index (χ2n) is 7.85. The van der Waals surface area contributed by atoms with Crippen LogP contribution in [0.3, 0.4) is 0 Å². The average molecular weight is 383 g/mol. The van der Waals surface area contributed by atoms with Gasteiger partial charge in [-0.1, -0.05) is 31.5 Å². The van der Waals surface area contributed by atoms with Crippen molar-refractivity contribution in [1.29, 1.82) is 0 Å². The third-order valence-electron chi connectivity index (χ3n) is 6.51. The molecule has 3 atom stereocenters. The summed E-state index contributed by atoms with van der Waals surface area (Å²) in [6, 6.07) is 8.87. The number of methoxy groups -OCH3 is 1. The highest BCUT2D eigenvalue weighted by molar-refractivity contribution is 5.89. The van der Waals surface area contributed by atoms with Crippen LogP contribution in [0.1, 0.15) is 44.0 Å². The van der Waals surface area contributed by atoms with E-state index < -0.39 is 0 Å². The van der Waals surface area contributed by atoms with Crippen molar-refractivity contribution in [2.75, 3.05) is 26.8 Å². The molecule has 2 aliphatic heterocycles. The third kappa shape index (κ3) is 3.22. The van der Waals surface area contributed by atoms with Crippen LogP contribution in [0.2, 0.25) is 0 Å². The normalized spacial score (nSPS) is 25.2. The molecule has 5 nitrogen and oxygen atoms in total. The lowest BCUT2D eigenvalue weighted by Gasteiger charge is -2.46. The molecule has 2 aliphatic rings. The van der Waals surface area contributed by atoms with E-state index in [0.717, 1.165) is 32.4 Å². The summed E-state index contributed by atoms with van der Waals surface area (Å²) in [5.74, 6) is 0.300. The molecule has 0 radical (unpaired) electrons. The van der Waals surface area contributed by atoms with E-state index in [9.17, 15) is 4.79 Å². The van der Waals surface area contributed by atoms with E-state index in [2.05, 4.69) is 41.1 Å². The fraction of sp³-hybridized carbons (Fsp3) is 0.522. The molecule has 2 aromatic rings. The third-order valence-corrected chi connectivity index (χ3v) is 6.51. The quantitative estimate of drug-likeness (QED) is 0.478. The van der Waals surface area contributed by atoms with Gasteiger partial charge in [0.25, 0.3) is 0 Å². The van der Waals surface area contributed by atoms with Gasteiger partial charge in [-0.3, -0.25) is 4.90 Å². The van der Waals surface area contributed by atoms with Crippen molar-refractivity contribution in [2.24, 2.45) is 11.8 Å². The van der Waals surface area contributed by atoms with Gasteiger partial charge in [0.2, 0.25) is 0 Å². The Hall–Kier alpha value is -2.27. The van der Waals surface area contributed by atoms with Gasteiger partial charge in [0, 0.05) is 29.7 Å². The molecule has 1 fully saturated rings. The van der Waals surface area contributed by atoms with Crippen LogP contribution >= 0.6 is 0 Å². The summed E-state index contributed by atoms with van der Waals surface area (Å²) in [6.45, 7) is 6.77. The Bertz CT molecular complexity index is 885. The van der Waals surface area contributed by atoms with Crippen LogP contribution in [0.5, 0.6) is 0 Å². The van der Waals surface area contributed by atoms with Crippen LogP contribution < -0.4 is 0 Å². The number of aromatic nitrogens is 1. The lowest BCUT2D eigenvalue weighted by Crippen LogP contribution is -2.47. The largest absolute Gasteiger partial charge is 0.501 e. The van der Waals surface area contributed by atoms with E-state index in [1.54, 1.807) is 6.26 Å². The molecule has 0 unspecified atom stereocenters. The molecule has 0 aliphatic carbocycles. The number of hydrogen-bond acceptors (Lipinski definition) is 4. The maximum Gasteiger partial charge on any atom is 0.337 e. The lowest BCUT2D eigenvalue weighted by atomic mass is 9.74. The minimum atomic E-state index is -0.266. The van der Waals surface area contributed by atoms with Crippen molar-refractivity contribution in [2.45, 2.75) is 39.2 Å². The summed E-state index contributed by atoms with van der Waals surface area (Å²) in [7, 11) is 1.45. The molecule has 0 amide bonds. The first-order chi connectivity index (χ1) is 13.7. The maximum absolute atomic E-state index is 12.5. The van der Waals surface area contributed by atoms with Crippen LogP contribution in [0.15, 0.2) is 36.1 Å². The smallest absolute Gasteiger partial charge is 0.337 e. The minimum absolute atomic E-state index is 0.141. The monoisotopic (exact) mass is 382 g/mol. The molecule has 5 heteroatoms. The molecule has 1 aromatic heterocycles. The topological polar surface area (TPSA) is 54.6 Å². The number of nitrogens with zero attached hydrogens (tertiary/aromatic N) is 1. The van der Waals surface area contributed by atoms with Gasteiger partial charge in [-0.15, -0.1) is 0 Å². The SMILES string of the molecule is CCO/C=C(\C(=O)OC)[C@H]1C[C@@H]2c3[nH]c4ccccc4c3CCN2C[C@@H]1CC. The second kappa shape index (κ2) is 8.00. The standard InChI is InChI=1S/C23H30N2O3/c1-4-15-13-25-11-10-17-16-8-6-7-9-20(16)24-22(17)21(25)12-18(15)19(14-28-5-2)23(26)27-3/h6-9,14-15,18,21,24H,4-5,10-13H2,1-3H3/b19-14-/t15-,18-,21+/m0/s1. The summed E-state index contributed by atoms with van der Waals surface area (Å²) < 4.78 is 10.6. The first-order valence-corrected chi connectivity index (χ1v) is 10.4. The molecule has 1 N–H and O–H groups in total. The van der Waals surface area contributed by atoms with Crippen molar-refractivity contribution >= 4 is 16.9 Å². The molecule has 0 bridgehead atoms. The van der Waals surface area contributed by atoms with E-state index in [1.165, 1.54) is 29.3 Å². The van der Waals surface area contributed by atoms with Crippen LogP contribution in [-0.2, 0) is 20.7 Å². The number of para-hydroxylation sites is 1.